The Labute approximate surface area is 123 Å². The van der Waals surface area contributed by atoms with Gasteiger partial charge in [0.2, 0.25) is 5.91 Å². The van der Waals surface area contributed by atoms with E-state index in [-0.39, 0.29) is 11.9 Å². The third-order valence-corrected chi connectivity index (χ3v) is 4.19. The number of hydrogen-bond acceptors (Lipinski definition) is 3. The van der Waals surface area contributed by atoms with Crippen LogP contribution in [0.5, 0.6) is 0 Å². The second-order valence-electron chi connectivity index (χ2n) is 4.79. The van der Waals surface area contributed by atoms with Crippen LogP contribution in [0.4, 0.5) is 0 Å². The molecule has 2 aromatic rings. The molecule has 0 aliphatic carbocycles. The van der Waals surface area contributed by atoms with Crippen LogP contribution in [0.3, 0.4) is 0 Å². The normalized spacial score (nSPS) is 12.2. The average Bonchev–Trinajstić information content (AvgIpc) is 2.84. The first-order valence-electron chi connectivity index (χ1n) is 6.60. The Morgan fingerprint density at radius 2 is 2.00 bits per heavy atom. The zero-order chi connectivity index (χ0) is 14.5. The molecule has 0 aliphatic heterocycles. The van der Waals surface area contributed by atoms with Crippen molar-refractivity contribution < 1.29 is 9.21 Å². The van der Waals surface area contributed by atoms with Crippen molar-refractivity contribution in [3.63, 3.8) is 0 Å². The van der Waals surface area contributed by atoms with Gasteiger partial charge in [-0.1, -0.05) is 18.2 Å². The summed E-state index contributed by atoms with van der Waals surface area (Å²) in [7, 11) is 0. The molecule has 20 heavy (non-hydrogen) atoms. The number of carbonyl (C=O) groups is 1. The first-order valence-corrected chi connectivity index (χ1v) is 7.59. The van der Waals surface area contributed by atoms with Crippen LogP contribution in [0.25, 0.3) is 0 Å². The first-order chi connectivity index (χ1) is 9.56. The monoisotopic (exact) mass is 289 g/mol. The van der Waals surface area contributed by atoms with E-state index in [1.165, 1.54) is 5.56 Å². The fourth-order valence-electron chi connectivity index (χ4n) is 1.90. The molecule has 1 aromatic heterocycles. The molecule has 1 aromatic carbocycles. The minimum absolute atomic E-state index is 0.0137. The van der Waals surface area contributed by atoms with Gasteiger partial charge in [0.15, 0.2) is 0 Å². The fourth-order valence-corrected chi connectivity index (χ4v) is 2.74. The topological polar surface area (TPSA) is 42.2 Å². The van der Waals surface area contributed by atoms with E-state index in [1.54, 1.807) is 11.8 Å². The van der Waals surface area contributed by atoms with Gasteiger partial charge in [-0.05, 0) is 44.5 Å². The van der Waals surface area contributed by atoms with Crippen molar-refractivity contribution in [1.82, 2.24) is 5.32 Å². The molecule has 1 heterocycles. The van der Waals surface area contributed by atoms with E-state index in [1.807, 2.05) is 44.2 Å². The van der Waals surface area contributed by atoms with Crippen LogP contribution in [0.1, 0.15) is 30.0 Å². The van der Waals surface area contributed by atoms with E-state index in [9.17, 15) is 4.79 Å². The minimum atomic E-state index is -0.103. The summed E-state index contributed by atoms with van der Waals surface area (Å²) in [5.74, 6) is 2.07. The molecule has 3 nitrogen and oxygen atoms in total. The summed E-state index contributed by atoms with van der Waals surface area (Å²) >= 11 is 1.55. The standard InChI is InChI=1S/C16H19NO2S/c1-11-6-4-5-7-15(11)20-10-16(18)17-13(3)14-9-8-12(2)19-14/h4-9,13H,10H2,1-3H3,(H,17,18). The second kappa shape index (κ2) is 6.66. The average molecular weight is 289 g/mol. The summed E-state index contributed by atoms with van der Waals surface area (Å²) in [6.07, 6.45) is 0. The van der Waals surface area contributed by atoms with Crippen LogP contribution in [0.15, 0.2) is 45.7 Å². The van der Waals surface area contributed by atoms with Crippen LogP contribution in [-0.4, -0.2) is 11.7 Å². The number of nitrogens with one attached hydrogen (secondary N) is 1. The molecule has 0 aliphatic rings. The zero-order valence-corrected chi connectivity index (χ0v) is 12.8. The third kappa shape index (κ3) is 3.90. The van der Waals surface area contributed by atoms with Gasteiger partial charge >= 0.3 is 0 Å². The van der Waals surface area contributed by atoms with Crippen molar-refractivity contribution in [2.45, 2.75) is 31.7 Å². The van der Waals surface area contributed by atoms with Crippen LogP contribution in [-0.2, 0) is 4.79 Å². The van der Waals surface area contributed by atoms with Gasteiger partial charge in [0.1, 0.15) is 11.5 Å². The number of benzene rings is 1. The predicted octanol–water partition coefficient (Wildman–Crippen LogP) is 3.87. The van der Waals surface area contributed by atoms with Crippen molar-refractivity contribution in [2.24, 2.45) is 0 Å². The molecular weight excluding hydrogens is 270 g/mol. The molecule has 0 fully saturated rings. The van der Waals surface area contributed by atoms with Crippen molar-refractivity contribution in [3.05, 3.63) is 53.5 Å². The van der Waals surface area contributed by atoms with E-state index < -0.39 is 0 Å². The van der Waals surface area contributed by atoms with Crippen LogP contribution >= 0.6 is 11.8 Å². The Morgan fingerprint density at radius 3 is 2.65 bits per heavy atom. The van der Waals surface area contributed by atoms with Crippen molar-refractivity contribution in [2.75, 3.05) is 5.75 Å². The summed E-state index contributed by atoms with van der Waals surface area (Å²) < 4.78 is 5.51. The molecule has 0 bridgehead atoms. The molecule has 0 radical (unpaired) electrons. The van der Waals surface area contributed by atoms with E-state index >= 15 is 0 Å². The van der Waals surface area contributed by atoms with Gasteiger partial charge in [-0.3, -0.25) is 4.79 Å². The zero-order valence-electron chi connectivity index (χ0n) is 12.0. The molecule has 2 rings (SSSR count). The molecule has 1 N–H and O–H groups in total. The maximum absolute atomic E-state index is 11.9. The number of thioether (sulfide) groups is 1. The van der Waals surface area contributed by atoms with Gasteiger partial charge in [0.25, 0.3) is 0 Å². The van der Waals surface area contributed by atoms with E-state index in [0.29, 0.717) is 5.75 Å². The smallest absolute Gasteiger partial charge is 0.230 e. The summed E-state index contributed by atoms with van der Waals surface area (Å²) in [4.78, 5) is 13.1. The lowest BCUT2D eigenvalue weighted by molar-refractivity contribution is -0.119. The van der Waals surface area contributed by atoms with E-state index in [0.717, 1.165) is 16.4 Å². The Hall–Kier alpha value is -1.68. The van der Waals surface area contributed by atoms with Crippen molar-refractivity contribution >= 4 is 17.7 Å². The van der Waals surface area contributed by atoms with Gasteiger partial charge < -0.3 is 9.73 Å². The third-order valence-electron chi connectivity index (χ3n) is 3.02. The number of hydrogen-bond donors (Lipinski definition) is 1. The molecule has 0 saturated heterocycles. The van der Waals surface area contributed by atoms with E-state index in [2.05, 4.69) is 18.3 Å². The summed E-state index contributed by atoms with van der Waals surface area (Å²) in [5.41, 5.74) is 1.19. The van der Waals surface area contributed by atoms with Gasteiger partial charge in [0.05, 0.1) is 11.8 Å². The molecule has 1 amide bonds. The number of carbonyl (C=O) groups excluding carboxylic acids is 1. The lowest BCUT2D eigenvalue weighted by Crippen LogP contribution is -2.27. The molecule has 1 atom stereocenters. The van der Waals surface area contributed by atoms with Gasteiger partial charge in [-0.15, -0.1) is 11.8 Å². The number of amides is 1. The fraction of sp³-hybridized carbons (Fsp3) is 0.312. The van der Waals surface area contributed by atoms with Crippen molar-refractivity contribution in [3.8, 4) is 0 Å². The van der Waals surface area contributed by atoms with Crippen molar-refractivity contribution in [1.29, 1.82) is 0 Å². The number of rotatable bonds is 5. The van der Waals surface area contributed by atoms with Gasteiger partial charge in [-0.2, -0.15) is 0 Å². The number of aryl methyl sites for hydroxylation is 2. The molecule has 0 saturated carbocycles. The van der Waals surface area contributed by atoms with Gasteiger partial charge in [-0.25, -0.2) is 0 Å². The maximum atomic E-state index is 11.9. The summed E-state index contributed by atoms with van der Waals surface area (Å²) in [5, 5.41) is 2.95. The summed E-state index contributed by atoms with van der Waals surface area (Å²) in [6, 6.07) is 11.8. The lowest BCUT2D eigenvalue weighted by Gasteiger charge is -2.11. The highest BCUT2D eigenvalue weighted by Gasteiger charge is 2.13. The Kier molecular flexibility index (Phi) is 4.90. The highest BCUT2D eigenvalue weighted by atomic mass is 32.2. The molecule has 1 unspecified atom stereocenters. The quantitative estimate of drug-likeness (QED) is 0.850. The molecular formula is C16H19NO2S. The second-order valence-corrected chi connectivity index (χ2v) is 5.81. The van der Waals surface area contributed by atoms with Crippen LogP contribution in [0.2, 0.25) is 0 Å². The lowest BCUT2D eigenvalue weighted by atomic mass is 10.2. The van der Waals surface area contributed by atoms with E-state index in [4.69, 9.17) is 4.42 Å². The SMILES string of the molecule is Cc1ccc(C(C)NC(=O)CSc2ccccc2C)o1. The maximum Gasteiger partial charge on any atom is 0.230 e. The van der Waals surface area contributed by atoms with Crippen LogP contribution < -0.4 is 5.32 Å². The molecule has 0 spiro atoms. The Balaban J connectivity index is 1.85. The van der Waals surface area contributed by atoms with Crippen LogP contribution in [0, 0.1) is 13.8 Å². The highest BCUT2D eigenvalue weighted by molar-refractivity contribution is 8.00. The minimum Gasteiger partial charge on any atom is -0.464 e. The Morgan fingerprint density at radius 1 is 1.25 bits per heavy atom. The first kappa shape index (κ1) is 14.7. The largest absolute Gasteiger partial charge is 0.464 e. The summed E-state index contributed by atoms with van der Waals surface area (Å²) in [6.45, 7) is 5.87. The number of furan rings is 1. The van der Waals surface area contributed by atoms with Gasteiger partial charge in [0, 0.05) is 4.90 Å². The Bertz CT molecular complexity index is 592. The predicted molar refractivity (Wildman–Crippen MR) is 81.9 cm³/mol. The highest BCUT2D eigenvalue weighted by Crippen LogP contribution is 2.22. The molecule has 4 heteroatoms. The molecule has 106 valence electrons.